The molecular formula is C13H24O. The van der Waals surface area contributed by atoms with Gasteiger partial charge in [0, 0.05) is 0 Å². The Labute approximate surface area is 87.9 Å². The molecule has 14 heavy (non-hydrogen) atoms. The molecule has 0 aromatic rings. The van der Waals surface area contributed by atoms with Gasteiger partial charge in [-0.05, 0) is 37.0 Å². The highest BCUT2D eigenvalue weighted by Gasteiger charge is 2.47. The summed E-state index contributed by atoms with van der Waals surface area (Å²) < 4.78 is 0. The van der Waals surface area contributed by atoms with Gasteiger partial charge < -0.3 is 5.11 Å². The lowest BCUT2D eigenvalue weighted by Crippen LogP contribution is -2.51. The second kappa shape index (κ2) is 3.84. The summed E-state index contributed by atoms with van der Waals surface area (Å²) in [5, 5.41) is 10.3. The standard InChI is InChI=1S/C13H24O/c1-10-9-13(14,11(10)2)8-7-12-5-3-4-6-12/h10-12,14H,3-9H2,1-2H3. The van der Waals surface area contributed by atoms with Crippen molar-refractivity contribution in [2.75, 3.05) is 0 Å². The fourth-order valence-corrected chi connectivity index (χ4v) is 3.37. The van der Waals surface area contributed by atoms with Crippen molar-refractivity contribution in [1.29, 1.82) is 0 Å². The molecule has 1 heteroatoms. The Kier molecular flexibility index (Phi) is 2.88. The first-order chi connectivity index (χ1) is 6.62. The van der Waals surface area contributed by atoms with Crippen LogP contribution in [0, 0.1) is 17.8 Å². The van der Waals surface area contributed by atoms with Gasteiger partial charge >= 0.3 is 0 Å². The van der Waals surface area contributed by atoms with Crippen LogP contribution in [0.4, 0.5) is 0 Å². The third-order valence-electron chi connectivity index (χ3n) is 4.84. The second-order valence-electron chi connectivity index (χ2n) is 5.76. The maximum Gasteiger partial charge on any atom is 0.0678 e. The minimum absolute atomic E-state index is 0.290. The van der Waals surface area contributed by atoms with Gasteiger partial charge in [0.2, 0.25) is 0 Å². The molecule has 0 aromatic carbocycles. The van der Waals surface area contributed by atoms with Gasteiger partial charge in [0.1, 0.15) is 0 Å². The van der Waals surface area contributed by atoms with Crippen molar-refractivity contribution in [3.05, 3.63) is 0 Å². The lowest BCUT2D eigenvalue weighted by molar-refractivity contribution is -0.132. The Morgan fingerprint density at radius 1 is 1.21 bits per heavy atom. The molecule has 0 heterocycles. The molecule has 1 nitrogen and oxygen atoms in total. The third kappa shape index (κ3) is 1.84. The summed E-state index contributed by atoms with van der Waals surface area (Å²) in [4.78, 5) is 0. The molecule has 2 saturated carbocycles. The van der Waals surface area contributed by atoms with Gasteiger partial charge in [0.15, 0.2) is 0 Å². The van der Waals surface area contributed by atoms with Crippen LogP contribution < -0.4 is 0 Å². The van der Waals surface area contributed by atoms with E-state index in [0.717, 1.165) is 24.7 Å². The Morgan fingerprint density at radius 3 is 2.36 bits per heavy atom. The average Bonchev–Trinajstić information content (AvgIpc) is 2.67. The molecule has 0 amide bonds. The molecule has 0 bridgehead atoms. The first-order valence-corrected chi connectivity index (χ1v) is 6.34. The van der Waals surface area contributed by atoms with E-state index in [1.165, 1.54) is 32.1 Å². The lowest BCUT2D eigenvalue weighted by atomic mass is 9.61. The van der Waals surface area contributed by atoms with Gasteiger partial charge in [-0.3, -0.25) is 0 Å². The monoisotopic (exact) mass is 196 g/mol. The number of aliphatic hydroxyl groups is 1. The van der Waals surface area contributed by atoms with Crippen molar-refractivity contribution in [2.24, 2.45) is 17.8 Å². The number of rotatable bonds is 3. The molecule has 0 spiro atoms. The summed E-state index contributed by atoms with van der Waals surface area (Å²) in [7, 11) is 0. The fraction of sp³-hybridized carbons (Fsp3) is 1.00. The molecular weight excluding hydrogens is 172 g/mol. The molecule has 0 aromatic heterocycles. The largest absolute Gasteiger partial charge is 0.390 e. The SMILES string of the molecule is CC1CC(O)(CCC2CCCC2)C1C. The van der Waals surface area contributed by atoms with Gasteiger partial charge in [-0.25, -0.2) is 0 Å². The van der Waals surface area contributed by atoms with E-state index < -0.39 is 0 Å². The Balaban J connectivity index is 1.74. The van der Waals surface area contributed by atoms with Gasteiger partial charge in [0.25, 0.3) is 0 Å². The van der Waals surface area contributed by atoms with Crippen LogP contribution in [0.3, 0.4) is 0 Å². The van der Waals surface area contributed by atoms with Crippen molar-refractivity contribution < 1.29 is 5.11 Å². The van der Waals surface area contributed by atoms with Crippen molar-refractivity contribution in [3.63, 3.8) is 0 Å². The highest BCUT2D eigenvalue weighted by Crippen LogP contribution is 2.47. The summed E-state index contributed by atoms with van der Waals surface area (Å²) >= 11 is 0. The second-order valence-corrected chi connectivity index (χ2v) is 5.76. The van der Waals surface area contributed by atoms with Crippen LogP contribution in [0.25, 0.3) is 0 Å². The summed E-state index contributed by atoms with van der Waals surface area (Å²) in [6, 6.07) is 0. The van der Waals surface area contributed by atoms with E-state index in [-0.39, 0.29) is 5.60 Å². The Hall–Kier alpha value is -0.0400. The molecule has 2 fully saturated rings. The molecule has 1 N–H and O–H groups in total. The van der Waals surface area contributed by atoms with Crippen LogP contribution in [0.5, 0.6) is 0 Å². The molecule has 2 aliphatic carbocycles. The van der Waals surface area contributed by atoms with Gasteiger partial charge in [0.05, 0.1) is 5.60 Å². The molecule has 2 rings (SSSR count). The van der Waals surface area contributed by atoms with Crippen molar-refractivity contribution >= 4 is 0 Å². The van der Waals surface area contributed by atoms with Crippen molar-refractivity contribution in [2.45, 2.75) is 64.4 Å². The Bertz CT molecular complexity index is 195. The predicted molar refractivity (Wildman–Crippen MR) is 59.1 cm³/mol. The fourth-order valence-electron chi connectivity index (χ4n) is 3.37. The van der Waals surface area contributed by atoms with E-state index in [4.69, 9.17) is 0 Å². The highest BCUT2D eigenvalue weighted by molar-refractivity contribution is 4.98. The molecule has 2 aliphatic rings. The average molecular weight is 196 g/mol. The molecule has 0 saturated heterocycles. The molecule has 3 atom stereocenters. The van der Waals surface area contributed by atoms with E-state index in [9.17, 15) is 5.11 Å². The lowest BCUT2D eigenvalue weighted by Gasteiger charge is -2.49. The summed E-state index contributed by atoms with van der Waals surface area (Å²) in [5.74, 6) is 2.20. The maximum absolute atomic E-state index is 10.3. The topological polar surface area (TPSA) is 20.2 Å². The highest BCUT2D eigenvalue weighted by atomic mass is 16.3. The predicted octanol–water partition coefficient (Wildman–Crippen LogP) is 3.36. The smallest absolute Gasteiger partial charge is 0.0678 e. The molecule has 0 aliphatic heterocycles. The normalized spacial score (nSPS) is 43.9. The summed E-state index contributed by atoms with van der Waals surface area (Å²) in [6.45, 7) is 4.47. The third-order valence-corrected chi connectivity index (χ3v) is 4.84. The van der Waals surface area contributed by atoms with Crippen molar-refractivity contribution in [3.8, 4) is 0 Å². The van der Waals surface area contributed by atoms with E-state index >= 15 is 0 Å². The van der Waals surface area contributed by atoms with E-state index in [1.807, 2.05) is 0 Å². The quantitative estimate of drug-likeness (QED) is 0.734. The van der Waals surface area contributed by atoms with Crippen LogP contribution in [0.2, 0.25) is 0 Å². The zero-order chi connectivity index (χ0) is 10.2. The van der Waals surface area contributed by atoms with Crippen LogP contribution in [0.15, 0.2) is 0 Å². The minimum Gasteiger partial charge on any atom is -0.390 e. The zero-order valence-electron chi connectivity index (χ0n) is 9.63. The zero-order valence-corrected chi connectivity index (χ0v) is 9.63. The van der Waals surface area contributed by atoms with Crippen LogP contribution >= 0.6 is 0 Å². The maximum atomic E-state index is 10.3. The van der Waals surface area contributed by atoms with E-state index in [1.54, 1.807) is 0 Å². The van der Waals surface area contributed by atoms with Gasteiger partial charge in [-0.2, -0.15) is 0 Å². The van der Waals surface area contributed by atoms with Crippen LogP contribution in [-0.2, 0) is 0 Å². The summed E-state index contributed by atoms with van der Waals surface area (Å²) in [5.41, 5.74) is -0.290. The number of hydrogen-bond acceptors (Lipinski definition) is 1. The first kappa shape index (κ1) is 10.5. The van der Waals surface area contributed by atoms with E-state index in [2.05, 4.69) is 13.8 Å². The number of hydrogen-bond donors (Lipinski definition) is 1. The minimum atomic E-state index is -0.290. The molecule has 3 unspecified atom stereocenters. The Morgan fingerprint density at radius 2 is 1.86 bits per heavy atom. The van der Waals surface area contributed by atoms with Crippen molar-refractivity contribution in [1.82, 2.24) is 0 Å². The summed E-state index contributed by atoms with van der Waals surface area (Å²) in [6.07, 6.45) is 9.06. The molecule has 0 radical (unpaired) electrons. The van der Waals surface area contributed by atoms with Crippen LogP contribution in [0.1, 0.15) is 58.8 Å². The van der Waals surface area contributed by atoms with E-state index in [0.29, 0.717) is 5.92 Å². The van der Waals surface area contributed by atoms with Gasteiger partial charge in [-0.1, -0.05) is 39.5 Å². The van der Waals surface area contributed by atoms with Crippen LogP contribution in [-0.4, -0.2) is 10.7 Å². The molecule has 82 valence electrons. The first-order valence-electron chi connectivity index (χ1n) is 6.34. The van der Waals surface area contributed by atoms with Gasteiger partial charge in [-0.15, -0.1) is 0 Å².